The molecule has 3 unspecified atom stereocenters. The minimum atomic E-state index is -2.87. The van der Waals surface area contributed by atoms with Crippen LogP contribution in [0.25, 0.3) is 0 Å². The highest BCUT2D eigenvalue weighted by Gasteiger charge is 2.61. The second kappa shape index (κ2) is 9.24. The van der Waals surface area contributed by atoms with Gasteiger partial charge in [0.15, 0.2) is 6.23 Å². The molecule has 0 bridgehead atoms. The Morgan fingerprint density at radius 2 is 1.66 bits per heavy atom. The number of aliphatic hydroxyl groups is 1. The van der Waals surface area contributed by atoms with Crippen LogP contribution in [-0.4, -0.2) is 67.8 Å². The molecule has 12 heteroatoms. The average Bonchev–Trinajstić information content (AvgIpc) is 3.27. The highest BCUT2D eigenvalue weighted by molar-refractivity contribution is 6.83. The lowest BCUT2D eigenvalue weighted by atomic mass is 10.1. The van der Waals surface area contributed by atoms with Crippen molar-refractivity contribution < 1.29 is 27.6 Å². The molecule has 182 valence electrons. The predicted molar refractivity (Wildman–Crippen MR) is 122 cm³/mol. The quantitative estimate of drug-likeness (QED) is 0.587. The molecule has 2 aliphatic rings. The van der Waals surface area contributed by atoms with Crippen molar-refractivity contribution in [2.75, 3.05) is 6.61 Å². The predicted octanol–water partition coefficient (Wildman–Crippen LogP) is 2.59. The molecular weight excluding hydrogens is 448 g/mol. The van der Waals surface area contributed by atoms with E-state index in [0.29, 0.717) is 0 Å². The van der Waals surface area contributed by atoms with E-state index in [1.54, 1.807) is 0 Å². The van der Waals surface area contributed by atoms with Gasteiger partial charge in [-0.3, -0.25) is 4.79 Å². The van der Waals surface area contributed by atoms with Crippen LogP contribution < -0.4 is 5.73 Å². The fraction of sp³-hybridized carbons (Fsp3) is 0.850. The monoisotopic (exact) mass is 486 g/mol. The van der Waals surface area contributed by atoms with Gasteiger partial charge in [0.2, 0.25) is 5.82 Å². The molecule has 1 aromatic heterocycles. The maximum atomic E-state index is 11.4. The van der Waals surface area contributed by atoms with E-state index in [0.717, 1.165) is 0 Å². The van der Waals surface area contributed by atoms with E-state index in [2.05, 4.69) is 65.5 Å². The third-order valence-corrected chi connectivity index (χ3v) is 16.9. The fourth-order valence-electron chi connectivity index (χ4n) is 4.87. The lowest BCUT2D eigenvalue weighted by Gasteiger charge is -2.51. The van der Waals surface area contributed by atoms with Crippen molar-refractivity contribution in [2.45, 2.75) is 102 Å². The van der Waals surface area contributed by atoms with Crippen molar-refractivity contribution in [3.63, 3.8) is 0 Å². The normalized spacial score (nSPS) is 30.0. The van der Waals surface area contributed by atoms with E-state index in [1.165, 1.54) is 11.0 Å². The maximum absolute atomic E-state index is 11.4. The van der Waals surface area contributed by atoms with Crippen molar-refractivity contribution in [1.29, 1.82) is 0 Å². The summed E-state index contributed by atoms with van der Waals surface area (Å²) in [5.41, 5.74) is 5.96. The number of ether oxygens (including phenoxy) is 1. The number of aromatic nitrogens is 3. The van der Waals surface area contributed by atoms with Crippen molar-refractivity contribution in [3.8, 4) is 0 Å². The van der Waals surface area contributed by atoms with Crippen LogP contribution in [-0.2, 0) is 17.7 Å². The number of carbonyl (C=O) groups excluding carboxylic acids is 1. The van der Waals surface area contributed by atoms with Gasteiger partial charge in [0.05, 0.1) is 6.61 Å². The number of carbonyl (C=O) groups is 1. The Kier molecular flexibility index (Phi) is 7.35. The van der Waals surface area contributed by atoms with Crippen molar-refractivity contribution in [1.82, 2.24) is 14.8 Å². The summed E-state index contributed by atoms with van der Waals surface area (Å²) >= 11 is 0. The maximum Gasteiger partial charge on any atom is 0.335 e. The molecule has 2 fully saturated rings. The third kappa shape index (κ3) is 4.21. The fourth-order valence-corrected chi connectivity index (χ4v) is 16.1. The van der Waals surface area contributed by atoms with E-state index in [-0.39, 0.29) is 34.6 Å². The largest absolute Gasteiger partial charge is 0.414 e. The summed E-state index contributed by atoms with van der Waals surface area (Å²) in [6, 6.07) is 0. The number of nitrogens with two attached hydrogens (primary N) is 1. The summed E-state index contributed by atoms with van der Waals surface area (Å²) in [5, 5.41) is 15.3. The zero-order valence-electron chi connectivity index (χ0n) is 20.3. The van der Waals surface area contributed by atoms with Crippen molar-refractivity contribution in [2.24, 2.45) is 5.73 Å². The number of amides is 1. The molecule has 0 radical (unpaired) electrons. The first-order valence-corrected chi connectivity index (χ1v) is 15.4. The highest BCUT2D eigenvalue weighted by atomic mass is 28.5. The van der Waals surface area contributed by atoms with E-state index < -0.39 is 47.6 Å². The van der Waals surface area contributed by atoms with Gasteiger partial charge in [0, 0.05) is 0 Å². The van der Waals surface area contributed by atoms with Crippen LogP contribution in [0.15, 0.2) is 6.33 Å². The first kappa shape index (κ1) is 25.5. The Bertz CT molecular complexity index is 802. The Labute approximate surface area is 192 Å². The second-order valence-electron chi connectivity index (χ2n) is 10.0. The number of fused-ring (bicyclic) bond motifs is 1. The number of hydrogen-bond donors (Lipinski definition) is 2. The zero-order valence-corrected chi connectivity index (χ0v) is 22.3. The molecule has 1 aromatic rings. The lowest BCUT2D eigenvalue weighted by Crippen LogP contribution is -2.65. The summed E-state index contributed by atoms with van der Waals surface area (Å²) in [7, 11) is -5.57. The molecular formula is C20H38N4O6Si2. The zero-order chi connectivity index (χ0) is 24.0. The van der Waals surface area contributed by atoms with Gasteiger partial charge in [-0.2, -0.15) is 0 Å². The Balaban J connectivity index is 2.03. The molecule has 0 saturated carbocycles. The summed E-state index contributed by atoms with van der Waals surface area (Å²) < 4.78 is 28.1. The first-order valence-electron chi connectivity index (χ1n) is 11.4. The summed E-state index contributed by atoms with van der Waals surface area (Å²) in [6.45, 7) is 17.4. The molecule has 1 amide bonds. The molecule has 0 aromatic carbocycles. The number of hydrogen-bond acceptors (Lipinski definition) is 8. The minimum absolute atomic E-state index is 0.133. The molecule has 3 N–H and O–H groups in total. The molecule has 2 saturated heterocycles. The minimum Gasteiger partial charge on any atom is -0.414 e. The van der Waals surface area contributed by atoms with Crippen molar-refractivity contribution >= 4 is 23.0 Å². The van der Waals surface area contributed by atoms with Gasteiger partial charge in [-0.15, -0.1) is 5.10 Å². The lowest BCUT2D eigenvalue weighted by molar-refractivity contribution is -0.0631. The molecule has 4 atom stereocenters. The van der Waals surface area contributed by atoms with Gasteiger partial charge in [-0.05, 0) is 22.2 Å². The van der Waals surface area contributed by atoms with Crippen molar-refractivity contribution in [3.05, 3.63) is 12.2 Å². The van der Waals surface area contributed by atoms with E-state index in [9.17, 15) is 9.90 Å². The van der Waals surface area contributed by atoms with Crippen LogP contribution >= 0.6 is 0 Å². The molecule has 2 aliphatic heterocycles. The molecule has 32 heavy (non-hydrogen) atoms. The molecule has 10 nitrogen and oxygen atoms in total. The first-order chi connectivity index (χ1) is 14.9. The van der Waals surface area contributed by atoms with Crippen LogP contribution in [0, 0.1) is 0 Å². The SMILES string of the molecule is CC(C)[Si]1(C(C)C)OCC2OC(n3cnc(C(N)=O)n3)[C@H](O)C2O[Si](C(C)C)(C(C)C)O1. The van der Waals surface area contributed by atoms with Crippen LogP contribution in [0.3, 0.4) is 0 Å². The van der Waals surface area contributed by atoms with Crippen LogP contribution in [0.5, 0.6) is 0 Å². The van der Waals surface area contributed by atoms with Gasteiger partial charge in [0.25, 0.3) is 5.91 Å². The number of primary amides is 1. The molecule has 3 heterocycles. The third-order valence-electron chi connectivity index (χ3n) is 6.63. The smallest absolute Gasteiger partial charge is 0.335 e. The second-order valence-corrected chi connectivity index (χ2v) is 18.9. The number of rotatable bonds is 6. The van der Waals surface area contributed by atoms with Crippen LogP contribution in [0.2, 0.25) is 22.2 Å². The Morgan fingerprint density at radius 3 is 2.12 bits per heavy atom. The van der Waals surface area contributed by atoms with Gasteiger partial charge in [0.1, 0.15) is 24.6 Å². The van der Waals surface area contributed by atoms with Gasteiger partial charge >= 0.3 is 17.1 Å². The summed E-state index contributed by atoms with van der Waals surface area (Å²) in [6.07, 6.45) is -1.72. The van der Waals surface area contributed by atoms with E-state index in [1.807, 2.05) is 0 Å². The Hall–Kier alpha value is -1.16. The van der Waals surface area contributed by atoms with E-state index >= 15 is 0 Å². The van der Waals surface area contributed by atoms with Gasteiger partial charge < -0.3 is 28.5 Å². The summed E-state index contributed by atoms with van der Waals surface area (Å²) in [5.74, 6) is -0.879. The molecule has 3 rings (SSSR count). The standard InChI is InChI=1S/C20H38N4O6Si2/c1-11(2)31(12(3)4)27-9-15-17(29-32(30-31,13(5)6)14(7)8)16(25)20(28-15)24-10-22-19(23-24)18(21)26/h10-17,20,25H,9H2,1-8H3,(H2,21,26)/t15?,16-,17?,20?/m1/s1. The topological polar surface area (TPSA) is 131 Å². The Morgan fingerprint density at radius 1 is 1.09 bits per heavy atom. The number of nitrogens with zero attached hydrogens (tertiary/aromatic N) is 3. The van der Waals surface area contributed by atoms with Gasteiger partial charge in [-0.25, -0.2) is 9.67 Å². The molecule has 0 aliphatic carbocycles. The van der Waals surface area contributed by atoms with E-state index in [4.69, 9.17) is 23.4 Å². The average molecular weight is 487 g/mol. The highest BCUT2D eigenvalue weighted by Crippen LogP contribution is 2.48. The molecule has 0 spiro atoms. The number of aliphatic hydroxyl groups excluding tert-OH is 1. The van der Waals surface area contributed by atoms with Gasteiger partial charge in [-0.1, -0.05) is 55.4 Å². The van der Waals surface area contributed by atoms with Crippen LogP contribution in [0.1, 0.15) is 72.2 Å². The van der Waals surface area contributed by atoms with Crippen LogP contribution in [0.4, 0.5) is 0 Å². The summed E-state index contributed by atoms with van der Waals surface area (Å²) in [4.78, 5) is 15.3.